The normalized spacial score (nSPS) is 12.3. The maximum Gasteiger partial charge on any atom is 0.241 e. The molecule has 5 heteroatoms. The summed E-state index contributed by atoms with van der Waals surface area (Å²) in [4.78, 5) is 13.9. The predicted octanol–water partition coefficient (Wildman–Crippen LogP) is 3.14. The third kappa shape index (κ3) is 5.56. The molecular formula is C16H25ClN2O2. The van der Waals surface area contributed by atoms with E-state index in [2.05, 4.69) is 26.1 Å². The summed E-state index contributed by atoms with van der Waals surface area (Å²) in [5.41, 5.74) is 1.43. The first-order chi connectivity index (χ1) is 9.85. The molecule has 0 radical (unpaired) electrons. The summed E-state index contributed by atoms with van der Waals surface area (Å²) in [6.07, 6.45) is 0.975. The van der Waals surface area contributed by atoms with E-state index in [1.165, 1.54) is 0 Å². The summed E-state index contributed by atoms with van der Waals surface area (Å²) >= 11 is 6.08. The van der Waals surface area contributed by atoms with Crippen molar-refractivity contribution in [3.63, 3.8) is 0 Å². The summed E-state index contributed by atoms with van der Waals surface area (Å²) in [6, 6.07) is 5.43. The van der Waals surface area contributed by atoms with E-state index in [0.29, 0.717) is 16.6 Å². The van der Waals surface area contributed by atoms with Crippen LogP contribution in [0.15, 0.2) is 18.2 Å². The van der Waals surface area contributed by atoms with Crippen LogP contribution in [0.1, 0.15) is 32.8 Å². The lowest BCUT2D eigenvalue weighted by Gasteiger charge is -2.26. The molecule has 0 fully saturated rings. The summed E-state index contributed by atoms with van der Waals surface area (Å²) in [5.74, 6) is 0.576. The van der Waals surface area contributed by atoms with Gasteiger partial charge in [-0.05, 0) is 37.0 Å². The number of carbonyl (C=O) groups is 1. The Kier molecular flexibility index (Phi) is 6.99. The molecule has 1 atom stereocenters. The molecule has 0 heterocycles. The Morgan fingerprint density at radius 1 is 1.38 bits per heavy atom. The molecular weight excluding hydrogens is 288 g/mol. The van der Waals surface area contributed by atoms with Gasteiger partial charge in [-0.2, -0.15) is 0 Å². The molecule has 1 aromatic carbocycles. The first-order valence-corrected chi connectivity index (χ1v) is 7.61. The van der Waals surface area contributed by atoms with E-state index >= 15 is 0 Å². The van der Waals surface area contributed by atoms with Crippen LogP contribution in [0.2, 0.25) is 5.02 Å². The second-order valence-electron chi connectivity index (χ2n) is 5.81. The van der Waals surface area contributed by atoms with Crippen LogP contribution in [0, 0.1) is 5.92 Å². The molecule has 0 aliphatic rings. The van der Waals surface area contributed by atoms with Crippen LogP contribution in [-0.2, 0) is 11.4 Å². The van der Waals surface area contributed by atoms with Crippen LogP contribution in [0.3, 0.4) is 0 Å². The average Bonchev–Trinajstić information content (AvgIpc) is 2.44. The number of amides is 1. The van der Waals surface area contributed by atoms with Gasteiger partial charge in [0.25, 0.3) is 0 Å². The third-order valence-corrected chi connectivity index (χ3v) is 3.84. The standard InChI is InChI=1S/C16H25ClN2O2/c1-11(2)7-12(3)19(4)16(21)9-18-15-8-13(10-20)5-6-14(15)17/h5-6,8,11-12,18,20H,7,9-10H2,1-4H3. The van der Waals surface area contributed by atoms with Crippen molar-refractivity contribution in [3.05, 3.63) is 28.8 Å². The largest absolute Gasteiger partial charge is 0.392 e. The zero-order valence-corrected chi connectivity index (χ0v) is 13.9. The Balaban J connectivity index is 2.60. The van der Waals surface area contributed by atoms with Gasteiger partial charge in [0.1, 0.15) is 0 Å². The predicted molar refractivity (Wildman–Crippen MR) is 87.6 cm³/mol. The first-order valence-electron chi connectivity index (χ1n) is 7.24. The molecule has 1 rings (SSSR count). The maximum absolute atomic E-state index is 12.2. The molecule has 0 saturated heterocycles. The van der Waals surface area contributed by atoms with Gasteiger partial charge >= 0.3 is 0 Å². The number of aliphatic hydroxyl groups is 1. The van der Waals surface area contributed by atoms with Crippen molar-refractivity contribution in [2.75, 3.05) is 18.9 Å². The highest BCUT2D eigenvalue weighted by molar-refractivity contribution is 6.33. The average molecular weight is 313 g/mol. The van der Waals surface area contributed by atoms with Gasteiger partial charge in [-0.3, -0.25) is 4.79 Å². The van der Waals surface area contributed by atoms with Crippen LogP contribution in [-0.4, -0.2) is 35.5 Å². The quantitative estimate of drug-likeness (QED) is 0.813. The third-order valence-electron chi connectivity index (χ3n) is 3.51. The number of rotatable bonds is 7. The van der Waals surface area contributed by atoms with E-state index in [1.54, 1.807) is 23.1 Å². The molecule has 0 bridgehead atoms. The number of likely N-dealkylation sites (N-methyl/N-ethyl adjacent to an activating group) is 1. The second-order valence-corrected chi connectivity index (χ2v) is 6.22. The van der Waals surface area contributed by atoms with Crippen LogP contribution in [0.5, 0.6) is 0 Å². The monoisotopic (exact) mass is 312 g/mol. The highest BCUT2D eigenvalue weighted by Gasteiger charge is 2.16. The fraction of sp³-hybridized carbons (Fsp3) is 0.562. The first kappa shape index (κ1) is 17.8. The topological polar surface area (TPSA) is 52.6 Å². The van der Waals surface area contributed by atoms with Crippen LogP contribution in [0.4, 0.5) is 5.69 Å². The number of anilines is 1. The maximum atomic E-state index is 12.2. The molecule has 1 amide bonds. The lowest BCUT2D eigenvalue weighted by atomic mass is 10.0. The molecule has 0 saturated carbocycles. The molecule has 21 heavy (non-hydrogen) atoms. The van der Waals surface area contributed by atoms with E-state index in [-0.39, 0.29) is 25.1 Å². The van der Waals surface area contributed by atoms with Crippen molar-refractivity contribution in [3.8, 4) is 0 Å². The van der Waals surface area contributed by atoms with Crippen molar-refractivity contribution in [1.29, 1.82) is 0 Å². The number of carbonyl (C=O) groups excluding carboxylic acids is 1. The molecule has 0 aliphatic heterocycles. The van der Waals surface area contributed by atoms with Gasteiger partial charge < -0.3 is 15.3 Å². The molecule has 2 N–H and O–H groups in total. The highest BCUT2D eigenvalue weighted by Crippen LogP contribution is 2.23. The van der Waals surface area contributed by atoms with E-state index in [0.717, 1.165) is 12.0 Å². The van der Waals surface area contributed by atoms with E-state index in [1.807, 2.05) is 7.05 Å². The Morgan fingerprint density at radius 2 is 2.05 bits per heavy atom. The minimum atomic E-state index is -0.0505. The lowest BCUT2D eigenvalue weighted by molar-refractivity contribution is -0.130. The SMILES string of the molecule is CC(C)CC(C)N(C)C(=O)CNc1cc(CO)ccc1Cl. The van der Waals surface area contributed by atoms with Crippen LogP contribution >= 0.6 is 11.6 Å². The van der Waals surface area contributed by atoms with Gasteiger partial charge in [0.05, 0.1) is 23.9 Å². The van der Waals surface area contributed by atoms with E-state index in [9.17, 15) is 4.79 Å². The Labute approximate surface area is 132 Å². The van der Waals surface area contributed by atoms with Gasteiger partial charge in [0, 0.05) is 13.1 Å². The Hall–Kier alpha value is -1.26. The smallest absolute Gasteiger partial charge is 0.241 e. The van der Waals surface area contributed by atoms with E-state index < -0.39 is 0 Å². The fourth-order valence-electron chi connectivity index (χ4n) is 2.19. The number of nitrogens with zero attached hydrogens (tertiary/aromatic N) is 1. The van der Waals surface area contributed by atoms with Gasteiger partial charge in [0.15, 0.2) is 0 Å². The summed E-state index contributed by atoms with van der Waals surface area (Å²) < 4.78 is 0. The van der Waals surface area contributed by atoms with Crippen LogP contribution < -0.4 is 5.32 Å². The molecule has 1 aromatic rings. The zero-order chi connectivity index (χ0) is 16.0. The van der Waals surface area contributed by atoms with Crippen molar-refractivity contribution in [2.45, 2.75) is 39.8 Å². The molecule has 0 aromatic heterocycles. The molecule has 1 unspecified atom stereocenters. The number of halogens is 1. The van der Waals surface area contributed by atoms with Gasteiger partial charge in [-0.1, -0.05) is 31.5 Å². The number of hydrogen-bond donors (Lipinski definition) is 2. The highest BCUT2D eigenvalue weighted by atomic mass is 35.5. The minimum absolute atomic E-state index is 0.0219. The molecule has 0 aliphatic carbocycles. The zero-order valence-electron chi connectivity index (χ0n) is 13.2. The molecule has 0 spiro atoms. The summed E-state index contributed by atoms with van der Waals surface area (Å²) in [6.45, 7) is 6.48. The van der Waals surface area contributed by atoms with Crippen molar-refractivity contribution >= 4 is 23.2 Å². The Bertz CT molecular complexity index is 477. The van der Waals surface area contributed by atoms with Crippen molar-refractivity contribution < 1.29 is 9.90 Å². The lowest BCUT2D eigenvalue weighted by Crippen LogP contribution is -2.39. The summed E-state index contributed by atoms with van der Waals surface area (Å²) in [5, 5.41) is 12.7. The molecule has 4 nitrogen and oxygen atoms in total. The van der Waals surface area contributed by atoms with Crippen LogP contribution in [0.25, 0.3) is 0 Å². The number of hydrogen-bond acceptors (Lipinski definition) is 3. The van der Waals surface area contributed by atoms with Crippen molar-refractivity contribution in [2.24, 2.45) is 5.92 Å². The minimum Gasteiger partial charge on any atom is -0.392 e. The van der Waals surface area contributed by atoms with Gasteiger partial charge in [-0.25, -0.2) is 0 Å². The Morgan fingerprint density at radius 3 is 2.62 bits per heavy atom. The number of benzene rings is 1. The van der Waals surface area contributed by atoms with E-state index in [4.69, 9.17) is 16.7 Å². The summed E-state index contributed by atoms with van der Waals surface area (Å²) in [7, 11) is 1.82. The fourth-order valence-corrected chi connectivity index (χ4v) is 2.37. The number of aliphatic hydroxyl groups excluding tert-OH is 1. The number of nitrogens with one attached hydrogen (secondary N) is 1. The van der Waals surface area contributed by atoms with Gasteiger partial charge in [0.2, 0.25) is 5.91 Å². The second kappa shape index (κ2) is 8.25. The van der Waals surface area contributed by atoms with Crippen molar-refractivity contribution in [1.82, 2.24) is 4.90 Å². The van der Waals surface area contributed by atoms with Gasteiger partial charge in [-0.15, -0.1) is 0 Å². The molecule has 118 valence electrons.